The minimum atomic E-state index is -0.383. The van der Waals surface area contributed by atoms with Crippen LogP contribution in [0.15, 0.2) is 49.2 Å². The van der Waals surface area contributed by atoms with Gasteiger partial charge in [0.1, 0.15) is 11.6 Å². The lowest BCUT2D eigenvalue weighted by Crippen LogP contribution is -2.10. The van der Waals surface area contributed by atoms with Crippen molar-refractivity contribution in [2.24, 2.45) is 0 Å². The molecule has 4 aromatic rings. The second-order valence-electron chi connectivity index (χ2n) is 5.88. The highest BCUT2D eigenvalue weighted by Crippen LogP contribution is 2.23. The van der Waals surface area contributed by atoms with Gasteiger partial charge in [-0.3, -0.25) is 4.98 Å². The molecule has 6 nitrogen and oxygen atoms in total. The van der Waals surface area contributed by atoms with Crippen molar-refractivity contribution >= 4 is 11.5 Å². The molecule has 0 fully saturated rings. The number of hydrogen-bond donors (Lipinski definition) is 2. The second kappa shape index (κ2) is 6.35. The molecule has 25 heavy (non-hydrogen) atoms. The molecule has 7 heteroatoms. The molecule has 0 aliphatic carbocycles. The van der Waals surface area contributed by atoms with Gasteiger partial charge < -0.3 is 10.3 Å². The van der Waals surface area contributed by atoms with Gasteiger partial charge in [-0.2, -0.15) is 9.61 Å². The van der Waals surface area contributed by atoms with E-state index in [2.05, 4.69) is 25.4 Å². The first-order valence-corrected chi connectivity index (χ1v) is 8.02. The van der Waals surface area contributed by atoms with Crippen molar-refractivity contribution in [3.8, 4) is 11.3 Å². The third kappa shape index (κ3) is 3.08. The van der Waals surface area contributed by atoms with Gasteiger partial charge in [0.05, 0.1) is 18.1 Å². The molecule has 0 atom stereocenters. The molecule has 0 spiro atoms. The molecule has 0 aromatic carbocycles. The first-order valence-electron chi connectivity index (χ1n) is 8.02. The van der Waals surface area contributed by atoms with E-state index in [9.17, 15) is 4.39 Å². The number of aryl methyl sites for hydroxylation is 1. The smallest absolute Gasteiger partial charge is 0.160 e. The van der Waals surface area contributed by atoms with E-state index in [1.165, 1.54) is 17.8 Å². The third-order valence-corrected chi connectivity index (χ3v) is 4.03. The highest BCUT2D eigenvalue weighted by atomic mass is 19.1. The lowest BCUT2D eigenvalue weighted by molar-refractivity contribution is 0.622. The van der Waals surface area contributed by atoms with Crippen molar-refractivity contribution in [1.82, 2.24) is 24.6 Å². The van der Waals surface area contributed by atoms with Crippen LogP contribution in [0.4, 0.5) is 10.2 Å². The van der Waals surface area contributed by atoms with Gasteiger partial charge in [-0.15, -0.1) is 0 Å². The van der Waals surface area contributed by atoms with Crippen molar-refractivity contribution in [2.75, 3.05) is 11.9 Å². The number of aromatic nitrogens is 5. The normalized spacial score (nSPS) is 11.1. The number of H-pyrrole nitrogens is 1. The topological polar surface area (TPSA) is 70.9 Å². The average Bonchev–Trinajstić information content (AvgIpc) is 3.25. The van der Waals surface area contributed by atoms with Gasteiger partial charge in [0, 0.05) is 42.3 Å². The van der Waals surface area contributed by atoms with Crippen LogP contribution in [0.2, 0.25) is 0 Å². The van der Waals surface area contributed by atoms with Crippen molar-refractivity contribution < 1.29 is 4.39 Å². The molecule has 4 heterocycles. The number of fused-ring (bicyclic) bond motifs is 1. The molecule has 0 radical (unpaired) electrons. The Morgan fingerprint density at radius 1 is 1.24 bits per heavy atom. The Kier molecular flexibility index (Phi) is 3.89. The van der Waals surface area contributed by atoms with Gasteiger partial charge in [-0.1, -0.05) is 0 Å². The number of nitrogens with zero attached hydrogens (tertiary/aromatic N) is 4. The van der Waals surface area contributed by atoms with Crippen molar-refractivity contribution in [3.63, 3.8) is 0 Å². The van der Waals surface area contributed by atoms with Gasteiger partial charge in [0.15, 0.2) is 5.65 Å². The summed E-state index contributed by atoms with van der Waals surface area (Å²) in [7, 11) is 0. The van der Waals surface area contributed by atoms with E-state index in [-0.39, 0.29) is 5.82 Å². The Bertz CT molecular complexity index is 1010. The van der Waals surface area contributed by atoms with Crippen molar-refractivity contribution in [2.45, 2.75) is 13.3 Å². The Morgan fingerprint density at radius 3 is 2.96 bits per heavy atom. The largest absolute Gasteiger partial charge is 0.370 e. The summed E-state index contributed by atoms with van der Waals surface area (Å²) in [5, 5.41) is 7.78. The van der Waals surface area contributed by atoms with Crippen LogP contribution < -0.4 is 5.32 Å². The zero-order valence-electron chi connectivity index (χ0n) is 13.7. The Morgan fingerprint density at radius 2 is 2.16 bits per heavy atom. The maximum Gasteiger partial charge on any atom is 0.160 e. The van der Waals surface area contributed by atoms with Crippen LogP contribution >= 0.6 is 0 Å². The highest BCUT2D eigenvalue weighted by molar-refractivity contribution is 5.67. The van der Waals surface area contributed by atoms with Gasteiger partial charge >= 0.3 is 0 Å². The van der Waals surface area contributed by atoms with Gasteiger partial charge in [0.25, 0.3) is 0 Å². The molecule has 0 unspecified atom stereocenters. The van der Waals surface area contributed by atoms with E-state index in [0.29, 0.717) is 11.3 Å². The zero-order valence-corrected chi connectivity index (χ0v) is 13.7. The summed E-state index contributed by atoms with van der Waals surface area (Å²) >= 11 is 0. The predicted molar refractivity (Wildman–Crippen MR) is 93.9 cm³/mol. The lowest BCUT2D eigenvalue weighted by Gasteiger charge is -2.10. The minimum absolute atomic E-state index is 0.383. The first-order chi connectivity index (χ1) is 12.2. The fourth-order valence-corrected chi connectivity index (χ4v) is 2.75. The second-order valence-corrected chi connectivity index (χ2v) is 5.88. The summed E-state index contributed by atoms with van der Waals surface area (Å²) in [5.74, 6) is 0.430. The molecule has 0 aliphatic heterocycles. The van der Waals surface area contributed by atoms with E-state index in [1.54, 1.807) is 16.9 Å². The monoisotopic (exact) mass is 336 g/mol. The number of halogens is 1. The Balaban J connectivity index is 1.69. The maximum atomic E-state index is 13.5. The van der Waals surface area contributed by atoms with Crippen LogP contribution in [-0.4, -0.2) is 31.1 Å². The van der Waals surface area contributed by atoms with Gasteiger partial charge in [-0.05, 0) is 31.0 Å². The number of hydrogen-bond acceptors (Lipinski definition) is 4. The summed E-state index contributed by atoms with van der Waals surface area (Å²) in [5.41, 5.74) is 4.22. The number of rotatable bonds is 5. The van der Waals surface area contributed by atoms with Crippen LogP contribution in [0.5, 0.6) is 0 Å². The number of anilines is 1. The summed E-state index contributed by atoms with van der Waals surface area (Å²) in [6.07, 6.45) is 9.33. The van der Waals surface area contributed by atoms with Crippen LogP contribution in [0.25, 0.3) is 16.9 Å². The molecular weight excluding hydrogens is 319 g/mol. The Labute approximate surface area is 143 Å². The minimum Gasteiger partial charge on any atom is -0.370 e. The van der Waals surface area contributed by atoms with E-state index in [0.717, 1.165) is 30.0 Å². The van der Waals surface area contributed by atoms with Crippen LogP contribution in [0.1, 0.15) is 11.1 Å². The van der Waals surface area contributed by atoms with Gasteiger partial charge in [-0.25, -0.2) is 9.37 Å². The van der Waals surface area contributed by atoms with Crippen molar-refractivity contribution in [3.05, 3.63) is 66.1 Å². The predicted octanol–water partition coefficient (Wildman–Crippen LogP) is 3.22. The van der Waals surface area contributed by atoms with Crippen LogP contribution in [0, 0.1) is 12.7 Å². The molecule has 0 saturated carbocycles. The van der Waals surface area contributed by atoms with E-state index in [4.69, 9.17) is 0 Å². The number of aromatic amines is 1. The summed E-state index contributed by atoms with van der Waals surface area (Å²) in [6.45, 7) is 2.70. The van der Waals surface area contributed by atoms with Crippen LogP contribution in [0.3, 0.4) is 0 Å². The fraction of sp³-hybridized carbons (Fsp3) is 0.167. The van der Waals surface area contributed by atoms with Crippen molar-refractivity contribution in [1.29, 1.82) is 0 Å². The summed E-state index contributed by atoms with van der Waals surface area (Å²) in [6, 6.07) is 5.35. The molecule has 4 rings (SSSR count). The molecule has 4 aromatic heterocycles. The molecule has 0 amide bonds. The summed E-state index contributed by atoms with van der Waals surface area (Å²) in [4.78, 5) is 11.6. The molecule has 2 N–H and O–H groups in total. The lowest BCUT2D eigenvalue weighted by atomic mass is 10.2. The molecule has 126 valence electrons. The standard InChI is InChI=1S/C18H17FN6/c1-12-8-23-25-17(22-5-3-13-2-4-20-9-13)7-16(24-18(12)25)14-6-15(19)11-21-10-14/h2,4,6-11,20,22H,3,5H2,1H3. The Hall–Kier alpha value is -3.22. The number of nitrogens with one attached hydrogen (secondary N) is 2. The van der Waals surface area contributed by atoms with E-state index >= 15 is 0 Å². The molecule has 0 saturated heterocycles. The first kappa shape index (κ1) is 15.3. The third-order valence-electron chi connectivity index (χ3n) is 4.03. The molecule has 0 aliphatic rings. The number of pyridine rings is 1. The van der Waals surface area contributed by atoms with E-state index in [1.807, 2.05) is 31.5 Å². The maximum absolute atomic E-state index is 13.5. The fourth-order valence-electron chi connectivity index (χ4n) is 2.75. The van der Waals surface area contributed by atoms with Crippen LogP contribution in [-0.2, 0) is 6.42 Å². The summed E-state index contributed by atoms with van der Waals surface area (Å²) < 4.78 is 15.3. The quantitative estimate of drug-likeness (QED) is 0.587. The molecular formula is C18H17FN6. The van der Waals surface area contributed by atoms with Gasteiger partial charge in [0.2, 0.25) is 0 Å². The zero-order chi connectivity index (χ0) is 17.2. The van der Waals surface area contributed by atoms with E-state index < -0.39 is 0 Å². The highest BCUT2D eigenvalue weighted by Gasteiger charge is 2.11. The average molecular weight is 336 g/mol. The SMILES string of the molecule is Cc1cnn2c(NCCc3cc[nH]c3)cc(-c3cncc(F)c3)nc12. The molecule has 0 bridgehead atoms.